The molecule has 0 spiro atoms. The third-order valence-corrected chi connectivity index (χ3v) is 4.83. The van der Waals surface area contributed by atoms with Gasteiger partial charge in [0.05, 0.1) is 45.6 Å². The zero-order valence-corrected chi connectivity index (χ0v) is 19.4. The number of hydrogen-bond donors (Lipinski definition) is 3. The highest BCUT2D eigenvalue weighted by Gasteiger charge is 2.23. The van der Waals surface area contributed by atoms with Gasteiger partial charge in [0.2, 0.25) is 5.91 Å². The number of carbonyl (C=O) groups excluding carboxylic acids is 4. The van der Waals surface area contributed by atoms with Crippen molar-refractivity contribution < 1.29 is 53.2 Å². The van der Waals surface area contributed by atoms with Gasteiger partial charge in [0.15, 0.2) is 0 Å². The van der Waals surface area contributed by atoms with Crippen molar-refractivity contribution in [2.75, 3.05) is 52.7 Å². The molecule has 1 atom stereocenters. The largest absolute Gasteiger partial charge is 0.481 e. The molecular formula is C22H32N2O11. The van der Waals surface area contributed by atoms with E-state index in [0.29, 0.717) is 13.2 Å². The Balaban J connectivity index is 1.92. The topological polar surface area (TPSA) is 186 Å². The van der Waals surface area contributed by atoms with Crippen LogP contribution < -0.4 is 5.32 Å². The number of rotatable bonds is 21. The zero-order chi connectivity index (χ0) is 26.1. The Hall–Kier alpha value is -3.16. The van der Waals surface area contributed by atoms with Gasteiger partial charge in [0.25, 0.3) is 11.8 Å². The second kappa shape index (κ2) is 17.3. The third kappa shape index (κ3) is 14.0. The van der Waals surface area contributed by atoms with Crippen molar-refractivity contribution in [3.63, 3.8) is 0 Å². The minimum atomic E-state index is -1.19. The fourth-order valence-corrected chi connectivity index (χ4v) is 2.93. The van der Waals surface area contributed by atoms with E-state index < -0.39 is 29.7 Å². The molecule has 0 saturated carbocycles. The predicted molar refractivity (Wildman–Crippen MR) is 118 cm³/mol. The third-order valence-electron chi connectivity index (χ3n) is 4.83. The van der Waals surface area contributed by atoms with Crippen LogP contribution in [0.25, 0.3) is 0 Å². The molecule has 1 rings (SSSR count). The smallest absolute Gasteiger partial charge is 0.306 e. The fraction of sp³-hybridized carbons (Fsp3) is 0.636. The molecule has 3 amide bonds. The molecule has 0 fully saturated rings. The SMILES string of the molecule is O=C(O)CCC(CC(=O)CCOCCOCCOCCNC(=O)CCN1C(=O)C=CC1=O)C(=O)O. The number of carboxylic acid groups (broad SMARTS) is 2. The molecule has 1 heterocycles. The van der Waals surface area contributed by atoms with E-state index in [2.05, 4.69) is 5.32 Å². The molecule has 1 aliphatic rings. The van der Waals surface area contributed by atoms with Crippen molar-refractivity contribution in [1.82, 2.24) is 10.2 Å². The van der Waals surface area contributed by atoms with Gasteiger partial charge in [-0.1, -0.05) is 0 Å². The van der Waals surface area contributed by atoms with Crippen molar-refractivity contribution in [2.45, 2.75) is 32.1 Å². The second-order valence-corrected chi connectivity index (χ2v) is 7.56. The number of amides is 3. The molecule has 196 valence electrons. The average Bonchev–Trinajstić information content (AvgIpc) is 3.12. The molecule has 13 heteroatoms. The first-order valence-electron chi connectivity index (χ1n) is 11.2. The lowest BCUT2D eigenvalue weighted by atomic mass is 9.96. The highest BCUT2D eigenvalue weighted by molar-refractivity contribution is 6.13. The summed E-state index contributed by atoms with van der Waals surface area (Å²) in [5.74, 6) is -4.77. The van der Waals surface area contributed by atoms with Gasteiger partial charge in [-0.25, -0.2) is 0 Å². The normalized spacial score (nSPS) is 13.8. The number of ketones is 1. The van der Waals surface area contributed by atoms with Crippen LogP contribution in [0.4, 0.5) is 0 Å². The number of ether oxygens (including phenoxy) is 3. The Morgan fingerprint density at radius 1 is 0.829 bits per heavy atom. The molecule has 1 aliphatic heterocycles. The van der Waals surface area contributed by atoms with E-state index in [9.17, 15) is 28.8 Å². The molecule has 0 saturated heterocycles. The van der Waals surface area contributed by atoms with Gasteiger partial charge in [-0.2, -0.15) is 0 Å². The van der Waals surface area contributed by atoms with Crippen LogP contribution in [0.3, 0.4) is 0 Å². The maximum Gasteiger partial charge on any atom is 0.306 e. The summed E-state index contributed by atoms with van der Waals surface area (Å²) in [5, 5.41) is 20.3. The lowest BCUT2D eigenvalue weighted by molar-refractivity contribution is -0.145. The molecule has 35 heavy (non-hydrogen) atoms. The van der Waals surface area contributed by atoms with Crippen molar-refractivity contribution in [1.29, 1.82) is 0 Å². The van der Waals surface area contributed by atoms with Crippen molar-refractivity contribution in [3.05, 3.63) is 12.2 Å². The Labute approximate surface area is 202 Å². The molecule has 13 nitrogen and oxygen atoms in total. The van der Waals surface area contributed by atoms with Gasteiger partial charge < -0.3 is 29.7 Å². The zero-order valence-electron chi connectivity index (χ0n) is 19.4. The number of carbonyl (C=O) groups is 6. The van der Waals surface area contributed by atoms with E-state index in [1.165, 1.54) is 0 Å². The van der Waals surface area contributed by atoms with Gasteiger partial charge in [0, 0.05) is 50.9 Å². The number of imide groups is 1. The highest BCUT2D eigenvalue weighted by atomic mass is 16.5. The lowest BCUT2D eigenvalue weighted by Gasteiger charge is -2.13. The first kappa shape index (κ1) is 29.9. The van der Waals surface area contributed by atoms with Gasteiger partial charge in [0.1, 0.15) is 5.78 Å². The summed E-state index contributed by atoms with van der Waals surface area (Å²) in [6.07, 6.45) is 1.75. The van der Waals surface area contributed by atoms with E-state index in [-0.39, 0.29) is 83.3 Å². The van der Waals surface area contributed by atoms with Crippen LogP contribution in [-0.4, -0.2) is 103 Å². The van der Waals surface area contributed by atoms with Crippen LogP contribution in [0.2, 0.25) is 0 Å². The van der Waals surface area contributed by atoms with E-state index in [0.717, 1.165) is 17.1 Å². The van der Waals surface area contributed by atoms with E-state index in [1.807, 2.05) is 0 Å². The average molecular weight is 501 g/mol. The quantitative estimate of drug-likeness (QED) is 0.135. The summed E-state index contributed by atoms with van der Waals surface area (Å²) in [6.45, 7) is 1.78. The molecule has 3 N–H and O–H groups in total. The summed E-state index contributed by atoms with van der Waals surface area (Å²) in [7, 11) is 0. The highest BCUT2D eigenvalue weighted by Crippen LogP contribution is 2.13. The number of carboxylic acids is 2. The first-order valence-corrected chi connectivity index (χ1v) is 11.2. The van der Waals surface area contributed by atoms with E-state index >= 15 is 0 Å². The number of nitrogens with zero attached hydrogens (tertiary/aromatic N) is 1. The van der Waals surface area contributed by atoms with Gasteiger partial charge in [-0.05, 0) is 6.42 Å². The fourth-order valence-electron chi connectivity index (χ4n) is 2.93. The number of nitrogens with one attached hydrogen (secondary N) is 1. The Morgan fingerprint density at radius 2 is 1.40 bits per heavy atom. The van der Waals surface area contributed by atoms with Gasteiger partial charge in [-0.15, -0.1) is 0 Å². The summed E-state index contributed by atoms with van der Waals surface area (Å²) >= 11 is 0. The summed E-state index contributed by atoms with van der Waals surface area (Å²) in [5.41, 5.74) is 0. The lowest BCUT2D eigenvalue weighted by Crippen LogP contribution is -2.35. The van der Waals surface area contributed by atoms with Crippen LogP contribution >= 0.6 is 0 Å². The van der Waals surface area contributed by atoms with Crippen LogP contribution in [0.5, 0.6) is 0 Å². The Kier molecular flexibility index (Phi) is 14.8. The monoisotopic (exact) mass is 500 g/mol. The first-order chi connectivity index (χ1) is 16.7. The molecule has 0 aliphatic carbocycles. The Bertz CT molecular complexity index is 763. The number of aliphatic carboxylic acids is 2. The molecule has 0 aromatic rings. The minimum Gasteiger partial charge on any atom is -0.481 e. The minimum absolute atomic E-state index is 0.0126. The number of hydrogen-bond acceptors (Lipinski definition) is 9. The maximum absolute atomic E-state index is 11.8. The predicted octanol–water partition coefficient (Wildman–Crippen LogP) is -0.618. The van der Waals surface area contributed by atoms with Crippen molar-refractivity contribution in [3.8, 4) is 0 Å². The van der Waals surface area contributed by atoms with Gasteiger partial charge in [-0.3, -0.25) is 33.7 Å². The molecule has 0 aromatic carbocycles. The maximum atomic E-state index is 11.8. The molecule has 0 radical (unpaired) electrons. The second-order valence-electron chi connectivity index (χ2n) is 7.56. The van der Waals surface area contributed by atoms with Gasteiger partial charge >= 0.3 is 11.9 Å². The van der Waals surface area contributed by atoms with Crippen molar-refractivity contribution >= 4 is 35.4 Å². The summed E-state index contributed by atoms with van der Waals surface area (Å²) < 4.78 is 15.9. The van der Waals surface area contributed by atoms with E-state index in [1.54, 1.807) is 0 Å². The van der Waals surface area contributed by atoms with Crippen LogP contribution in [0.15, 0.2) is 12.2 Å². The molecule has 0 bridgehead atoms. The van der Waals surface area contributed by atoms with Crippen molar-refractivity contribution in [2.24, 2.45) is 5.92 Å². The van der Waals surface area contributed by atoms with Crippen LogP contribution in [0.1, 0.15) is 32.1 Å². The molecular weight excluding hydrogens is 468 g/mol. The number of Topliss-reactive ketones (excluding diaryl/α,β-unsaturated/α-hetero) is 1. The standard InChI is InChI=1S/C22H32N2O11/c25-17(15-16(22(31)32)1-4-21(29)30)6-9-33-11-13-35-14-12-34-10-7-23-18(26)5-8-24-19(27)2-3-20(24)28/h2-3,16H,1,4-15H2,(H,23,26)(H,29,30)(H,31,32). The molecule has 0 aromatic heterocycles. The molecule has 1 unspecified atom stereocenters. The van der Waals surface area contributed by atoms with E-state index in [4.69, 9.17) is 24.4 Å². The Morgan fingerprint density at radius 3 is 1.97 bits per heavy atom. The van der Waals surface area contributed by atoms with Crippen LogP contribution in [0, 0.1) is 5.92 Å². The van der Waals surface area contributed by atoms with Crippen LogP contribution in [-0.2, 0) is 43.0 Å². The summed E-state index contributed by atoms with van der Waals surface area (Å²) in [6, 6.07) is 0. The summed E-state index contributed by atoms with van der Waals surface area (Å²) in [4.78, 5) is 68.9.